The van der Waals surface area contributed by atoms with Crippen LogP contribution in [0.3, 0.4) is 0 Å². The van der Waals surface area contributed by atoms with Gasteiger partial charge in [-0.3, -0.25) is 4.79 Å². The van der Waals surface area contributed by atoms with Gasteiger partial charge in [0.15, 0.2) is 0 Å². The van der Waals surface area contributed by atoms with Crippen molar-refractivity contribution in [2.75, 3.05) is 11.1 Å². The zero-order valence-electron chi connectivity index (χ0n) is 11.2. The van der Waals surface area contributed by atoms with E-state index in [1.54, 1.807) is 31.2 Å². The Bertz CT molecular complexity index is 661. The third kappa shape index (κ3) is 2.77. The molecule has 0 radical (unpaired) electrons. The number of carbonyl (C=O) groups excluding carboxylic acids is 1. The number of phenolic OH excluding ortho intramolecular Hbond substituents is 1. The molecule has 104 valence electrons. The maximum absolute atomic E-state index is 12.3. The first-order valence-corrected chi connectivity index (χ1v) is 6.85. The molecule has 2 aromatic carbocycles. The van der Waals surface area contributed by atoms with E-state index in [9.17, 15) is 9.90 Å². The van der Waals surface area contributed by atoms with Crippen LogP contribution in [0.5, 0.6) is 5.75 Å². The van der Waals surface area contributed by atoms with Crippen LogP contribution in [0, 0.1) is 13.8 Å². The fraction of sp³-hybridized carbons (Fsp3) is 0.133. The molecule has 0 atom stereocenters. The van der Waals surface area contributed by atoms with Crippen molar-refractivity contribution in [3.05, 3.63) is 51.5 Å². The number of halogens is 1. The van der Waals surface area contributed by atoms with Crippen LogP contribution in [0.15, 0.2) is 34.8 Å². The molecule has 1 amide bonds. The second-order valence-corrected chi connectivity index (χ2v) is 5.51. The lowest BCUT2D eigenvalue weighted by molar-refractivity contribution is 0.102. The van der Waals surface area contributed by atoms with Crippen LogP contribution in [0.2, 0.25) is 0 Å². The molecule has 0 spiro atoms. The van der Waals surface area contributed by atoms with E-state index in [0.717, 1.165) is 10.0 Å². The number of hydrogen-bond acceptors (Lipinski definition) is 3. The summed E-state index contributed by atoms with van der Waals surface area (Å²) in [6.07, 6.45) is 0. The molecule has 0 heterocycles. The summed E-state index contributed by atoms with van der Waals surface area (Å²) in [7, 11) is 0. The second-order valence-electron chi connectivity index (χ2n) is 4.59. The van der Waals surface area contributed by atoms with Gasteiger partial charge >= 0.3 is 0 Å². The second kappa shape index (κ2) is 5.54. The van der Waals surface area contributed by atoms with E-state index in [1.165, 1.54) is 0 Å². The maximum atomic E-state index is 12.3. The van der Waals surface area contributed by atoms with Crippen LogP contribution >= 0.6 is 15.9 Å². The van der Waals surface area contributed by atoms with Crippen molar-refractivity contribution in [2.24, 2.45) is 0 Å². The third-order valence-corrected chi connectivity index (χ3v) is 3.58. The molecule has 0 fully saturated rings. The average molecular weight is 335 g/mol. The smallest absolute Gasteiger partial charge is 0.256 e. The van der Waals surface area contributed by atoms with Gasteiger partial charge in [-0.1, -0.05) is 22.0 Å². The lowest BCUT2D eigenvalue weighted by Gasteiger charge is -2.13. The van der Waals surface area contributed by atoms with E-state index in [4.69, 9.17) is 5.73 Å². The molecule has 0 aliphatic carbocycles. The summed E-state index contributed by atoms with van der Waals surface area (Å²) < 4.78 is 0.860. The highest BCUT2D eigenvalue weighted by molar-refractivity contribution is 9.10. The Hall–Kier alpha value is -2.01. The van der Waals surface area contributed by atoms with Gasteiger partial charge in [-0.15, -0.1) is 0 Å². The average Bonchev–Trinajstić information content (AvgIpc) is 2.36. The number of nitrogens with two attached hydrogens (primary N) is 1. The number of rotatable bonds is 2. The van der Waals surface area contributed by atoms with Crippen LogP contribution in [0.4, 0.5) is 11.4 Å². The standard InChI is InChI=1S/C15H15BrN2O2/c1-8-6-10(16)7-12(17)14(8)18-15(20)11-4-3-5-13(19)9(11)2/h3-7,19H,17H2,1-2H3,(H,18,20). The van der Waals surface area contributed by atoms with Gasteiger partial charge in [-0.05, 0) is 43.7 Å². The molecule has 0 aliphatic rings. The van der Waals surface area contributed by atoms with Crippen LogP contribution in [0.1, 0.15) is 21.5 Å². The Morgan fingerprint density at radius 1 is 1.30 bits per heavy atom. The minimum atomic E-state index is -0.296. The van der Waals surface area contributed by atoms with Crippen molar-refractivity contribution in [2.45, 2.75) is 13.8 Å². The third-order valence-electron chi connectivity index (χ3n) is 3.12. The normalized spacial score (nSPS) is 10.3. The van der Waals surface area contributed by atoms with Gasteiger partial charge in [0.25, 0.3) is 5.91 Å². The van der Waals surface area contributed by atoms with Gasteiger partial charge in [0.05, 0.1) is 11.4 Å². The Balaban J connectivity index is 2.36. The van der Waals surface area contributed by atoms with Crippen molar-refractivity contribution in [3.8, 4) is 5.75 Å². The lowest BCUT2D eigenvalue weighted by Crippen LogP contribution is -2.15. The van der Waals surface area contributed by atoms with Crippen molar-refractivity contribution in [1.82, 2.24) is 0 Å². The largest absolute Gasteiger partial charge is 0.508 e. The zero-order valence-corrected chi connectivity index (χ0v) is 12.8. The van der Waals surface area contributed by atoms with E-state index >= 15 is 0 Å². The minimum Gasteiger partial charge on any atom is -0.508 e. The molecule has 5 heteroatoms. The molecule has 2 aromatic rings. The Morgan fingerprint density at radius 3 is 2.65 bits per heavy atom. The van der Waals surface area contributed by atoms with E-state index < -0.39 is 0 Å². The number of hydrogen-bond donors (Lipinski definition) is 3. The number of nitrogens with one attached hydrogen (secondary N) is 1. The molecule has 2 rings (SSSR count). The summed E-state index contributed by atoms with van der Waals surface area (Å²) in [6, 6.07) is 8.45. The van der Waals surface area contributed by atoms with Crippen LogP contribution in [-0.2, 0) is 0 Å². The number of anilines is 2. The number of amides is 1. The molecule has 0 unspecified atom stereocenters. The quantitative estimate of drug-likeness (QED) is 0.734. The number of aromatic hydroxyl groups is 1. The number of benzene rings is 2. The van der Waals surface area contributed by atoms with Crippen molar-refractivity contribution < 1.29 is 9.90 Å². The first-order chi connectivity index (χ1) is 9.40. The molecule has 0 saturated heterocycles. The summed E-state index contributed by atoms with van der Waals surface area (Å²) in [5.74, 6) is -0.200. The summed E-state index contributed by atoms with van der Waals surface area (Å²) >= 11 is 3.35. The predicted octanol–water partition coefficient (Wildman–Crippen LogP) is 3.61. The number of carbonyl (C=O) groups is 1. The summed E-state index contributed by atoms with van der Waals surface area (Å²) in [6.45, 7) is 3.56. The molecule has 0 bridgehead atoms. The summed E-state index contributed by atoms with van der Waals surface area (Å²) in [5, 5.41) is 12.4. The van der Waals surface area contributed by atoms with E-state index in [2.05, 4.69) is 21.2 Å². The first kappa shape index (κ1) is 14.4. The van der Waals surface area contributed by atoms with E-state index in [1.807, 2.05) is 13.0 Å². The van der Waals surface area contributed by atoms with Gasteiger partial charge in [0, 0.05) is 15.6 Å². The topological polar surface area (TPSA) is 75.3 Å². The summed E-state index contributed by atoms with van der Waals surface area (Å²) in [5.41, 5.74) is 8.82. The van der Waals surface area contributed by atoms with Gasteiger partial charge in [-0.25, -0.2) is 0 Å². The predicted molar refractivity (Wildman–Crippen MR) is 84.1 cm³/mol. The van der Waals surface area contributed by atoms with Crippen molar-refractivity contribution >= 4 is 33.2 Å². The van der Waals surface area contributed by atoms with Gasteiger partial charge < -0.3 is 16.2 Å². The molecule has 0 aliphatic heterocycles. The van der Waals surface area contributed by atoms with E-state index in [0.29, 0.717) is 22.5 Å². The first-order valence-electron chi connectivity index (χ1n) is 6.05. The molecule has 20 heavy (non-hydrogen) atoms. The number of nitrogen functional groups attached to an aromatic ring is 1. The Morgan fingerprint density at radius 2 is 2.00 bits per heavy atom. The highest BCUT2D eigenvalue weighted by Gasteiger charge is 2.14. The Kier molecular flexibility index (Phi) is 3.99. The molecule has 0 aromatic heterocycles. The number of aryl methyl sites for hydroxylation is 1. The SMILES string of the molecule is Cc1cc(Br)cc(N)c1NC(=O)c1cccc(O)c1C. The fourth-order valence-electron chi connectivity index (χ4n) is 1.99. The van der Waals surface area contributed by atoms with Gasteiger partial charge in [-0.2, -0.15) is 0 Å². The molecular formula is C15H15BrN2O2. The van der Waals surface area contributed by atoms with Crippen molar-refractivity contribution in [3.63, 3.8) is 0 Å². The minimum absolute atomic E-state index is 0.0955. The molecule has 0 saturated carbocycles. The van der Waals surface area contributed by atoms with Crippen LogP contribution in [0.25, 0.3) is 0 Å². The maximum Gasteiger partial charge on any atom is 0.256 e. The highest BCUT2D eigenvalue weighted by Crippen LogP contribution is 2.29. The van der Waals surface area contributed by atoms with Gasteiger partial charge in [0.1, 0.15) is 5.75 Å². The molecule has 4 N–H and O–H groups in total. The monoisotopic (exact) mass is 334 g/mol. The van der Waals surface area contributed by atoms with Crippen LogP contribution < -0.4 is 11.1 Å². The molecular weight excluding hydrogens is 320 g/mol. The fourth-order valence-corrected chi connectivity index (χ4v) is 2.58. The van der Waals surface area contributed by atoms with Crippen LogP contribution in [-0.4, -0.2) is 11.0 Å². The van der Waals surface area contributed by atoms with Gasteiger partial charge in [0.2, 0.25) is 0 Å². The Labute approximate surface area is 125 Å². The highest BCUT2D eigenvalue weighted by atomic mass is 79.9. The van der Waals surface area contributed by atoms with E-state index in [-0.39, 0.29) is 11.7 Å². The lowest BCUT2D eigenvalue weighted by atomic mass is 10.1. The number of phenols is 1. The summed E-state index contributed by atoms with van der Waals surface area (Å²) in [4.78, 5) is 12.3. The molecule has 4 nitrogen and oxygen atoms in total. The van der Waals surface area contributed by atoms with Crippen molar-refractivity contribution in [1.29, 1.82) is 0 Å². The zero-order chi connectivity index (χ0) is 14.9.